The second kappa shape index (κ2) is 12.6. The lowest BCUT2D eigenvalue weighted by Gasteiger charge is -2.20. The average Bonchev–Trinajstić information content (AvgIpc) is 3.84. The molecule has 0 saturated carbocycles. The van der Waals surface area contributed by atoms with Crippen LogP contribution in [0.3, 0.4) is 0 Å². The number of thioether (sulfide) groups is 1. The van der Waals surface area contributed by atoms with Crippen LogP contribution < -0.4 is 5.32 Å². The van der Waals surface area contributed by atoms with Gasteiger partial charge in [0.15, 0.2) is 5.82 Å². The molecule has 1 aliphatic carbocycles. The minimum Gasteiger partial charge on any atom is -0.371 e. The summed E-state index contributed by atoms with van der Waals surface area (Å²) in [6.07, 6.45) is 10.00. The first kappa shape index (κ1) is 31.1. The van der Waals surface area contributed by atoms with Gasteiger partial charge in [-0.3, -0.25) is 0 Å². The van der Waals surface area contributed by atoms with Gasteiger partial charge in [-0.1, -0.05) is 145 Å². The van der Waals surface area contributed by atoms with Gasteiger partial charge >= 0.3 is 0 Å². The third-order valence-corrected chi connectivity index (χ3v) is 12.3. The SMILES string of the molecule is C1=CCC(C2Nc3c(ccc4ccc5cc(-c6nc(-c7ccccc7)cc(-c7ccc8c9ccccc9n(-c9ccccc9)c8c7)n6)ccc5c34)S2)C=C1. The minimum atomic E-state index is 0.321. The zero-order valence-electron chi connectivity index (χ0n) is 29.4. The number of aromatic nitrogens is 3. The van der Waals surface area contributed by atoms with Crippen LogP contribution in [0, 0.1) is 5.92 Å². The first-order valence-electron chi connectivity index (χ1n) is 18.6. The lowest BCUT2D eigenvalue weighted by molar-refractivity contribution is 0.662. The maximum absolute atomic E-state index is 5.30. The van der Waals surface area contributed by atoms with Crippen molar-refractivity contribution in [3.63, 3.8) is 0 Å². The van der Waals surface area contributed by atoms with E-state index in [9.17, 15) is 0 Å². The molecule has 2 unspecified atom stereocenters. The van der Waals surface area contributed by atoms with Crippen molar-refractivity contribution >= 4 is 60.8 Å². The number of hydrogen-bond donors (Lipinski definition) is 1. The van der Waals surface area contributed by atoms with E-state index in [1.807, 2.05) is 17.8 Å². The molecule has 2 aromatic heterocycles. The van der Waals surface area contributed by atoms with Crippen LogP contribution in [0.4, 0.5) is 5.69 Å². The topological polar surface area (TPSA) is 42.7 Å². The van der Waals surface area contributed by atoms with Crippen molar-refractivity contribution in [1.29, 1.82) is 0 Å². The van der Waals surface area contributed by atoms with Crippen molar-refractivity contribution in [2.45, 2.75) is 16.7 Å². The predicted molar refractivity (Wildman–Crippen MR) is 227 cm³/mol. The largest absolute Gasteiger partial charge is 0.371 e. The van der Waals surface area contributed by atoms with Crippen LogP contribution in [0.1, 0.15) is 6.42 Å². The molecule has 256 valence electrons. The summed E-state index contributed by atoms with van der Waals surface area (Å²) in [6.45, 7) is 0. The third kappa shape index (κ3) is 5.15. The van der Waals surface area contributed by atoms with Crippen LogP contribution in [0.5, 0.6) is 0 Å². The van der Waals surface area contributed by atoms with E-state index in [-0.39, 0.29) is 0 Å². The number of nitrogens with zero attached hydrogens (tertiary/aromatic N) is 3. The fraction of sp³-hybridized carbons (Fsp3) is 0.0612. The number of rotatable bonds is 5. The molecular formula is C49H34N4S. The molecule has 0 amide bonds. The molecule has 0 spiro atoms. The van der Waals surface area contributed by atoms with Gasteiger partial charge in [-0.2, -0.15) is 0 Å². The summed E-state index contributed by atoms with van der Waals surface area (Å²) >= 11 is 1.95. The Morgan fingerprint density at radius 1 is 0.574 bits per heavy atom. The van der Waals surface area contributed by atoms with Crippen molar-refractivity contribution in [3.8, 4) is 39.6 Å². The van der Waals surface area contributed by atoms with E-state index in [0.29, 0.717) is 17.1 Å². The first-order valence-corrected chi connectivity index (χ1v) is 19.4. The molecular weight excluding hydrogens is 677 g/mol. The highest BCUT2D eigenvalue weighted by atomic mass is 32.2. The molecule has 1 aliphatic heterocycles. The zero-order valence-corrected chi connectivity index (χ0v) is 30.2. The molecule has 2 atom stereocenters. The lowest BCUT2D eigenvalue weighted by atomic mass is 9.97. The number of fused-ring (bicyclic) bond motifs is 8. The van der Waals surface area contributed by atoms with E-state index in [0.717, 1.165) is 45.7 Å². The van der Waals surface area contributed by atoms with Crippen molar-refractivity contribution in [1.82, 2.24) is 14.5 Å². The predicted octanol–water partition coefficient (Wildman–Crippen LogP) is 12.9. The van der Waals surface area contributed by atoms with Crippen LogP contribution in [0.15, 0.2) is 181 Å². The Morgan fingerprint density at radius 2 is 1.30 bits per heavy atom. The van der Waals surface area contributed by atoms with Crippen LogP contribution in [0.25, 0.3) is 82.9 Å². The van der Waals surface area contributed by atoms with Crippen LogP contribution >= 0.6 is 11.8 Å². The van der Waals surface area contributed by atoms with Gasteiger partial charge in [0.05, 0.1) is 33.5 Å². The summed E-state index contributed by atoms with van der Waals surface area (Å²) < 4.78 is 2.36. The highest BCUT2D eigenvalue weighted by Gasteiger charge is 2.29. The highest BCUT2D eigenvalue weighted by Crippen LogP contribution is 2.48. The van der Waals surface area contributed by atoms with Gasteiger partial charge in [0.1, 0.15) is 0 Å². The summed E-state index contributed by atoms with van der Waals surface area (Å²) in [5.74, 6) is 1.18. The molecule has 0 radical (unpaired) electrons. The van der Waals surface area contributed by atoms with Crippen molar-refractivity contribution in [2.75, 3.05) is 5.32 Å². The van der Waals surface area contributed by atoms with Gasteiger partial charge in [-0.15, -0.1) is 0 Å². The molecule has 4 nitrogen and oxygen atoms in total. The Kier molecular flexibility index (Phi) is 7.27. The number of anilines is 1. The second-order valence-electron chi connectivity index (χ2n) is 14.2. The summed E-state index contributed by atoms with van der Waals surface area (Å²) in [7, 11) is 0. The second-order valence-corrected chi connectivity index (χ2v) is 15.4. The molecule has 0 bridgehead atoms. The van der Waals surface area contributed by atoms with Gasteiger partial charge in [0.25, 0.3) is 0 Å². The number of benzene rings is 7. The standard InChI is InChI=1S/C49H34N4S/c1-4-12-31(13-5-1)41-30-42(35-22-26-40-39-18-10-11-19-43(39)53(44(40)29-35)37-16-8-3-9-17-37)51-48(50-41)36-23-25-38-34(28-36)21-20-32-24-27-45-47(46(32)38)52-49(54-45)33-14-6-2-7-15-33/h1-14,16-30,33,49,52H,15H2. The molecule has 11 rings (SSSR count). The summed E-state index contributed by atoms with van der Waals surface area (Å²) in [5, 5.41) is 11.6. The number of hydrogen-bond acceptors (Lipinski definition) is 4. The van der Waals surface area contributed by atoms with Crippen molar-refractivity contribution < 1.29 is 0 Å². The fourth-order valence-electron chi connectivity index (χ4n) is 8.31. The minimum absolute atomic E-state index is 0.321. The molecule has 0 saturated heterocycles. The summed E-state index contributed by atoms with van der Waals surface area (Å²) in [6, 6.07) is 54.3. The maximum Gasteiger partial charge on any atom is 0.160 e. The monoisotopic (exact) mass is 710 g/mol. The molecule has 2 aliphatic rings. The molecule has 7 aromatic carbocycles. The van der Waals surface area contributed by atoms with E-state index < -0.39 is 0 Å². The third-order valence-electron chi connectivity index (χ3n) is 10.9. The maximum atomic E-state index is 5.30. The summed E-state index contributed by atoms with van der Waals surface area (Å²) in [4.78, 5) is 11.8. The zero-order chi connectivity index (χ0) is 35.6. The van der Waals surface area contributed by atoms with Gasteiger partial charge in [-0.05, 0) is 65.0 Å². The van der Waals surface area contributed by atoms with Crippen LogP contribution in [-0.4, -0.2) is 19.9 Å². The molecule has 3 heterocycles. The molecule has 1 N–H and O–H groups in total. The Balaban J connectivity index is 1.06. The normalized spacial score (nSPS) is 16.4. The van der Waals surface area contributed by atoms with E-state index in [1.54, 1.807) is 0 Å². The van der Waals surface area contributed by atoms with E-state index in [1.165, 1.54) is 48.4 Å². The Hall–Kier alpha value is -6.43. The first-order chi connectivity index (χ1) is 26.7. The number of nitrogens with one attached hydrogen (secondary N) is 1. The summed E-state index contributed by atoms with van der Waals surface area (Å²) in [5.41, 5.74) is 9.61. The van der Waals surface area contributed by atoms with Gasteiger partial charge in [0.2, 0.25) is 0 Å². The molecule has 5 heteroatoms. The number of para-hydroxylation sites is 2. The van der Waals surface area contributed by atoms with E-state index >= 15 is 0 Å². The van der Waals surface area contributed by atoms with Crippen molar-refractivity contribution in [3.05, 3.63) is 176 Å². The molecule has 54 heavy (non-hydrogen) atoms. The highest BCUT2D eigenvalue weighted by molar-refractivity contribution is 8.00. The van der Waals surface area contributed by atoms with Crippen LogP contribution in [-0.2, 0) is 0 Å². The lowest BCUT2D eigenvalue weighted by Crippen LogP contribution is -2.21. The molecule has 0 fully saturated rings. The van der Waals surface area contributed by atoms with Gasteiger partial charge < -0.3 is 9.88 Å². The Morgan fingerprint density at radius 3 is 2.15 bits per heavy atom. The van der Waals surface area contributed by atoms with Gasteiger partial charge in [0, 0.05) is 49.3 Å². The van der Waals surface area contributed by atoms with Gasteiger partial charge in [-0.25, -0.2) is 9.97 Å². The Labute approximate surface area is 317 Å². The smallest absolute Gasteiger partial charge is 0.160 e. The van der Waals surface area contributed by atoms with Crippen molar-refractivity contribution in [2.24, 2.45) is 5.92 Å². The number of allylic oxidation sites excluding steroid dienone is 3. The average molecular weight is 711 g/mol. The van der Waals surface area contributed by atoms with E-state index in [4.69, 9.17) is 9.97 Å². The Bertz CT molecular complexity index is 2980. The quantitative estimate of drug-likeness (QED) is 0.181. The van der Waals surface area contributed by atoms with Crippen LogP contribution in [0.2, 0.25) is 0 Å². The van der Waals surface area contributed by atoms with E-state index in [2.05, 4.69) is 180 Å². The molecule has 9 aromatic rings. The fourth-order valence-corrected chi connectivity index (χ4v) is 9.56.